The van der Waals surface area contributed by atoms with Gasteiger partial charge in [0.25, 0.3) is 5.91 Å². The Bertz CT molecular complexity index is 983. The van der Waals surface area contributed by atoms with Crippen molar-refractivity contribution in [3.63, 3.8) is 0 Å². The Morgan fingerprint density at radius 3 is 2.50 bits per heavy atom. The van der Waals surface area contributed by atoms with Crippen LogP contribution < -0.4 is 15.5 Å². The average molecular weight is 458 g/mol. The third-order valence-electron chi connectivity index (χ3n) is 4.46. The lowest BCUT2D eigenvalue weighted by Gasteiger charge is -2.17. The molecule has 3 aromatic rings. The van der Waals surface area contributed by atoms with Gasteiger partial charge in [0.2, 0.25) is 5.95 Å². The van der Waals surface area contributed by atoms with Crippen LogP contribution in [0.3, 0.4) is 0 Å². The van der Waals surface area contributed by atoms with Crippen LogP contribution in [0.4, 0.5) is 23.1 Å². The number of aromatic nitrogens is 2. The van der Waals surface area contributed by atoms with Crippen molar-refractivity contribution in [3.8, 4) is 0 Å². The summed E-state index contributed by atoms with van der Waals surface area (Å²) in [6.07, 6.45) is 2.42. The molecule has 2 aromatic heterocycles. The van der Waals surface area contributed by atoms with Crippen LogP contribution in [0.2, 0.25) is 0 Å². The molecule has 1 fully saturated rings. The van der Waals surface area contributed by atoms with E-state index in [4.69, 9.17) is 0 Å². The summed E-state index contributed by atoms with van der Waals surface area (Å²) in [6.45, 7) is 4.07. The first-order valence-electron chi connectivity index (χ1n) is 9.10. The molecule has 3 heterocycles. The molecule has 28 heavy (non-hydrogen) atoms. The summed E-state index contributed by atoms with van der Waals surface area (Å²) >= 11 is 4.77. The third kappa shape index (κ3) is 4.51. The lowest BCUT2D eigenvalue weighted by Crippen LogP contribution is -2.19. The van der Waals surface area contributed by atoms with Crippen LogP contribution in [-0.2, 0) is 0 Å². The van der Waals surface area contributed by atoms with Gasteiger partial charge >= 0.3 is 0 Å². The maximum absolute atomic E-state index is 12.2. The SMILES string of the molecule is Cc1cc(N2CCCC2)nc(Nc2ccc(NC(=O)c3cc(Br)cs3)cc2)n1. The third-order valence-corrected chi connectivity index (χ3v) is 6.15. The maximum atomic E-state index is 12.2. The number of benzene rings is 1. The predicted molar refractivity (Wildman–Crippen MR) is 118 cm³/mol. The second kappa shape index (κ2) is 8.28. The number of anilines is 4. The lowest BCUT2D eigenvalue weighted by molar-refractivity contribution is 0.103. The summed E-state index contributed by atoms with van der Waals surface area (Å²) in [7, 11) is 0. The van der Waals surface area contributed by atoms with E-state index in [1.807, 2.05) is 48.7 Å². The predicted octanol–water partition coefficient (Wildman–Crippen LogP) is 5.21. The largest absolute Gasteiger partial charge is 0.356 e. The van der Waals surface area contributed by atoms with Gasteiger partial charge in [0, 0.05) is 46.1 Å². The Balaban J connectivity index is 1.43. The van der Waals surface area contributed by atoms with E-state index in [0.717, 1.165) is 40.4 Å². The Hall–Kier alpha value is -2.45. The Morgan fingerprint density at radius 1 is 1.11 bits per heavy atom. The first kappa shape index (κ1) is 18.9. The zero-order valence-corrected chi connectivity index (χ0v) is 17.8. The Kier molecular flexibility index (Phi) is 5.59. The molecule has 0 atom stereocenters. The van der Waals surface area contributed by atoms with E-state index in [2.05, 4.69) is 41.4 Å². The topological polar surface area (TPSA) is 70.2 Å². The summed E-state index contributed by atoms with van der Waals surface area (Å²) in [4.78, 5) is 24.3. The fraction of sp³-hybridized carbons (Fsp3) is 0.250. The van der Waals surface area contributed by atoms with Crippen molar-refractivity contribution in [2.24, 2.45) is 0 Å². The van der Waals surface area contributed by atoms with Gasteiger partial charge in [-0.25, -0.2) is 4.98 Å². The van der Waals surface area contributed by atoms with Crippen molar-refractivity contribution in [1.82, 2.24) is 9.97 Å². The second-order valence-electron chi connectivity index (χ2n) is 6.67. The van der Waals surface area contributed by atoms with Gasteiger partial charge in [-0.1, -0.05) is 0 Å². The summed E-state index contributed by atoms with van der Waals surface area (Å²) in [5, 5.41) is 8.05. The molecule has 4 rings (SSSR count). The standard InChI is InChI=1S/C20H20BrN5OS/c1-13-10-18(26-8-2-3-9-26)25-20(22-13)24-16-6-4-15(5-7-16)23-19(27)17-11-14(21)12-28-17/h4-7,10-12H,2-3,8-9H2,1H3,(H,23,27)(H,22,24,25). The van der Waals surface area contributed by atoms with Crippen molar-refractivity contribution in [2.75, 3.05) is 28.6 Å². The van der Waals surface area contributed by atoms with Gasteiger partial charge in [0.05, 0.1) is 4.88 Å². The van der Waals surface area contributed by atoms with Crippen molar-refractivity contribution in [2.45, 2.75) is 19.8 Å². The number of hydrogen-bond donors (Lipinski definition) is 2. The number of nitrogens with zero attached hydrogens (tertiary/aromatic N) is 3. The van der Waals surface area contributed by atoms with E-state index in [9.17, 15) is 4.79 Å². The Labute approximate surface area is 176 Å². The van der Waals surface area contributed by atoms with Crippen LogP contribution in [0, 0.1) is 6.92 Å². The number of thiophene rings is 1. The summed E-state index contributed by atoms with van der Waals surface area (Å²) in [5.41, 5.74) is 2.54. The first-order chi connectivity index (χ1) is 13.6. The molecule has 1 amide bonds. The smallest absolute Gasteiger partial charge is 0.265 e. The molecule has 0 unspecified atom stereocenters. The molecule has 1 aromatic carbocycles. The number of carbonyl (C=O) groups excluding carboxylic acids is 1. The fourth-order valence-electron chi connectivity index (χ4n) is 3.11. The zero-order chi connectivity index (χ0) is 19.5. The zero-order valence-electron chi connectivity index (χ0n) is 15.4. The van der Waals surface area contributed by atoms with Crippen LogP contribution >= 0.6 is 27.3 Å². The number of rotatable bonds is 5. The second-order valence-corrected chi connectivity index (χ2v) is 8.50. The number of carbonyl (C=O) groups is 1. The molecular weight excluding hydrogens is 438 g/mol. The quantitative estimate of drug-likeness (QED) is 0.550. The normalized spacial score (nSPS) is 13.6. The van der Waals surface area contributed by atoms with E-state index in [-0.39, 0.29) is 5.91 Å². The molecule has 1 saturated heterocycles. The number of hydrogen-bond acceptors (Lipinski definition) is 6. The van der Waals surface area contributed by atoms with Crippen molar-refractivity contribution in [1.29, 1.82) is 0 Å². The van der Waals surface area contributed by atoms with Crippen molar-refractivity contribution in [3.05, 3.63) is 56.8 Å². The molecule has 0 spiro atoms. The molecule has 144 valence electrons. The summed E-state index contributed by atoms with van der Waals surface area (Å²) < 4.78 is 0.911. The minimum atomic E-state index is -0.117. The van der Waals surface area contributed by atoms with Gasteiger partial charge < -0.3 is 15.5 Å². The number of amides is 1. The summed E-state index contributed by atoms with van der Waals surface area (Å²) in [5.74, 6) is 1.44. The monoisotopic (exact) mass is 457 g/mol. The first-order valence-corrected chi connectivity index (χ1v) is 10.8. The van der Waals surface area contributed by atoms with Crippen LogP contribution in [0.1, 0.15) is 28.2 Å². The van der Waals surface area contributed by atoms with E-state index in [0.29, 0.717) is 10.8 Å². The lowest BCUT2D eigenvalue weighted by atomic mass is 10.2. The average Bonchev–Trinajstić information content (AvgIpc) is 3.35. The van der Waals surface area contributed by atoms with E-state index in [1.54, 1.807) is 0 Å². The summed E-state index contributed by atoms with van der Waals surface area (Å²) in [6, 6.07) is 11.4. The molecule has 0 saturated carbocycles. The van der Waals surface area contributed by atoms with E-state index < -0.39 is 0 Å². The van der Waals surface area contributed by atoms with E-state index >= 15 is 0 Å². The van der Waals surface area contributed by atoms with Gasteiger partial charge in [0.15, 0.2) is 0 Å². The van der Waals surface area contributed by atoms with Crippen molar-refractivity contribution >= 4 is 56.3 Å². The Morgan fingerprint density at radius 2 is 1.82 bits per heavy atom. The van der Waals surface area contributed by atoms with E-state index in [1.165, 1.54) is 24.2 Å². The molecule has 0 bridgehead atoms. The molecule has 6 nitrogen and oxygen atoms in total. The molecule has 1 aliphatic rings. The van der Waals surface area contributed by atoms with Crippen LogP contribution in [-0.4, -0.2) is 29.0 Å². The molecule has 1 aliphatic heterocycles. The van der Waals surface area contributed by atoms with Gasteiger partial charge in [-0.3, -0.25) is 4.79 Å². The minimum Gasteiger partial charge on any atom is -0.356 e. The van der Waals surface area contributed by atoms with Crippen molar-refractivity contribution < 1.29 is 4.79 Å². The van der Waals surface area contributed by atoms with Gasteiger partial charge in [-0.2, -0.15) is 4.98 Å². The molecule has 8 heteroatoms. The van der Waals surface area contributed by atoms with Crippen LogP contribution in [0.15, 0.2) is 46.3 Å². The van der Waals surface area contributed by atoms with Crippen LogP contribution in [0.25, 0.3) is 0 Å². The van der Waals surface area contributed by atoms with Crippen LogP contribution in [0.5, 0.6) is 0 Å². The molecule has 2 N–H and O–H groups in total. The number of nitrogens with one attached hydrogen (secondary N) is 2. The number of aryl methyl sites for hydroxylation is 1. The molecule has 0 aliphatic carbocycles. The maximum Gasteiger partial charge on any atom is 0.265 e. The highest BCUT2D eigenvalue weighted by Gasteiger charge is 2.15. The molecule has 0 radical (unpaired) electrons. The highest BCUT2D eigenvalue weighted by Crippen LogP contribution is 2.24. The molecular formula is C20H20BrN5OS. The minimum absolute atomic E-state index is 0.117. The van der Waals surface area contributed by atoms with Gasteiger partial charge in [-0.05, 0) is 66.0 Å². The number of halogens is 1. The highest BCUT2D eigenvalue weighted by molar-refractivity contribution is 9.10. The highest BCUT2D eigenvalue weighted by atomic mass is 79.9. The van der Waals surface area contributed by atoms with Gasteiger partial charge in [0.1, 0.15) is 5.82 Å². The fourth-order valence-corrected chi connectivity index (χ4v) is 4.43. The van der Waals surface area contributed by atoms with Gasteiger partial charge in [-0.15, -0.1) is 11.3 Å².